The number of nitrogens with zero attached hydrogens (tertiary/aromatic N) is 2. The van der Waals surface area contributed by atoms with Gasteiger partial charge in [-0.3, -0.25) is 4.79 Å². The first kappa shape index (κ1) is 12.1. The second-order valence-electron chi connectivity index (χ2n) is 3.30. The van der Waals surface area contributed by atoms with Crippen LogP contribution in [0.15, 0.2) is 41.7 Å². The predicted molar refractivity (Wildman–Crippen MR) is 68.4 cm³/mol. The van der Waals surface area contributed by atoms with Gasteiger partial charge in [-0.2, -0.15) is 0 Å². The Kier molecular flexibility index (Phi) is 4.12. The molecule has 0 aliphatic carbocycles. The lowest BCUT2D eigenvalue weighted by atomic mass is 10.2. The van der Waals surface area contributed by atoms with Gasteiger partial charge in [-0.05, 0) is 23.8 Å². The molecule has 0 aliphatic rings. The molecular formula is C12H9ClN2OS. The number of carbonyl (C=O) groups excluding carboxylic acids is 1. The van der Waals surface area contributed by atoms with E-state index in [1.54, 1.807) is 12.3 Å². The SMILES string of the molecule is O=Cc1ccnc(SCc2ccc(Cl)cc2)n1. The topological polar surface area (TPSA) is 42.9 Å². The maximum atomic E-state index is 10.6. The van der Waals surface area contributed by atoms with Crippen LogP contribution in [0.3, 0.4) is 0 Å². The summed E-state index contributed by atoms with van der Waals surface area (Å²) in [6.45, 7) is 0. The average molecular weight is 265 g/mol. The molecule has 3 nitrogen and oxygen atoms in total. The summed E-state index contributed by atoms with van der Waals surface area (Å²) < 4.78 is 0. The highest BCUT2D eigenvalue weighted by Crippen LogP contribution is 2.20. The van der Waals surface area contributed by atoms with Crippen molar-refractivity contribution in [3.8, 4) is 0 Å². The van der Waals surface area contributed by atoms with Gasteiger partial charge < -0.3 is 0 Å². The monoisotopic (exact) mass is 264 g/mol. The van der Waals surface area contributed by atoms with Gasteiger partial charge in [-0.15, -0.1) is 0 Å². The Morgan fingerprint density at radius 2 is 2.00 bits per heavy atom. The van der Waals surface area contributed by atoms with Crippen LogP contribution in [0.4, 0.5) is 0 Å². The van der Waals surface area contributed by atoms with Crippen LogP contribution in [0.1, 0.15) is 16.1 Å². The summed E-state index contributed by atoms with van der Waals surface area (Å²) in [7, 11) is 0. The summed E-state index contributed by atoms with van der Waals surface area (Å²) >= 11 is 7.28. The van der Waals surface area contributed by atoms with Crippen molar-refractivity contribution in [3.05, 3.63) is 52.8 Å². The number of halogens is 1. The Morgan fingerprint density at radius 1 is 1.24 bits per heavy atom. The molecule has 0 radical (unpaired) electrons. The maximum Gasteiger partial charge on any atom is 0.188 e. The van der Waals surface area contributed by atoms with E-state index in [2.05, 4.69) is 9.97 Å². The van der Waals surface area contributed by atoms with Gasteiger partial charge >= 0.3 is 0 Å². The summed E-state index contributed by atoms with van der Waals surface area (Å²) in [6, 6.07) is 9.19. The summed E-state index contributed by atoms with van der Waals surface area (Å²) in [4.78, 5) is 18.7. The van der Waals surface area contributed by atoms with E-state index in [9.17, 15) is 4.79 Å². The van der Waals surface area contributed by atoms with Gasteiger partial charge in [0.1, 0.15) is 5.69 Å². The van der Waals surface area contributed by atoms with E-state index < -0.39 is 0 Å². The number of aromatic nitrogens is 2. The van der Waals surface area contributed by atoms with Gasteiger partial charge in [0, 0.05) is 17.0 Å². The average Bonchev–Trinajstić information content (AvgIpc) is 2.38. The fraction of sp³-hybridized carbons (Fsp3) is 0.0833. The predicted octanol–water partition coefficient (Wildman–Crippen LogP) is 3.23. The zero-order valence-electron chi connectivity index (χ0n) is 8.84. The number of carbonyl (C=O) groups is 1. The lowest BCUT2D eigenvalue weighted by Gasteiger charge is -2.01. The van der Waals surface area contributed by atoms with E-state index in [1.165, 1.54) is 11.8 Å². The minimum absolute atomic E-state index is 0.401. The molecule has 2 aromatic rings. The standard InChI is InChI=1S/C12H9ClN2OS/c13-10-3-1-9(2-4-10)8-17-12-14-6-5-11(7-16)15-12/h1-7H,8H2. The molecule has 0 fully saturated rings. The van der Waals surface area contributed by atoms with Crippen LogP contribution in [0, 0.1) is 0 Å². The number of rotatable bonds is 4. The highest BCUT2D eigenvalue weighted by Gasteiger charge is 2.00. The molecule has 17 heavy (non-hydrogen) atoms. The molecule has 0 atom stereocenters. The van der Waals surface area contributed by atoms with Gasteiger partial charge in [-0.1, -0.05) is 35.5 Å². The van der Waals surface area contributed by atoms with Crippen LogP contribution >= 0.6 is 23.4 Å². The molecule has 0 aliphatic heterocycles. The molecular weight excluding hydrogens is 256 g/mol. The molecule has 2 rings (SSSR count). The number of thioether (sulfide) groups is 1. The molecule has 1 aromatic carbocycles. The van der Waals surface area contributed by atoms with E-state index in [0.717, 1.165) is 16.3 Å². The lowest BCUT2D eigenvalue weighted by molar-refractivity contribution is 0.111. The zero-order valence-corrected chi connectivity index (χ0v) is 10.4. The number of aldehydes is 1. The highest BCUT2D eigenvalue weighted by atomic mass is 35.5. The molecule has 0 saturated heterocycles. The molecule has 0 N–H and O–H groups in total. The number of hydrogen-bond acceptors (Lipinski definition) is 4. The quantitative estimate of drug-likeness (QED) is 0.483. The van der Waals surface area contributed by atoms with Crippen LogP contribution in [0.5, 0.6) is 0 Å². The molecule has 5 heteroatoms. The molecule has 1 heterocycles. The van der Waals surface area contributed by atoms with E-state index in [-0.39, 0.29) is 0 Å². The van der Waals surface area contributed by atoms with E-state index in [0.29, 0.717) is 17.1 Å². The molecule has 1 aromatic heterocycles. The highest BCUT2D eigenvalue weighted by molar-refractivity contribution is 7.98. The molecule has 0 bridgehead atoms. The molecule has 0 unspecified atom stereocenters. The van der Waals surface area contributed by atoms with Gasteiger partial charge in [0.05, 0.1) is 0 Å². The van der Waals surface area contributed by atoms with Crippen molar-refractivity contribution in [1.29, 1.82) is 0 Å². The Balaban J connectivity index is 2.01. The normalized spacial score (nSPS) is 10.2. The molecule has 0 spiro atoms. The van der Waals surface area contributed by atoms with Crippen molar-refractivity contribution < 1.29 is 4.79 Å². The number of benzene rings is 1. The molecule has 0 amide bonds. The number of hydrogen-bond donors (Lipinski definition) is 0. The van der Waals surface area contributed by atoms with Crippen LogP contribution < -0.4 is 0 Å². The van der Waals surface area contributed by atoms with E-state index in [1.807, 2.05) is 24.3 Å². The van der Waals surface area contributed by atoms with Crippen molar-refractivity contribution in [1.82, 2.24) is 9.97 Å². The summed E-state index contributed by atoms with van der Waals surface area (Å²) in [6.07, 6.45) is 2.30. The van der Waals surface area contributed by atoms with E-state index in [4.69, 9.17) is 11.6 Å². The second-order valence-corrected chi connectivity index (χ2v) is 4.68. The minimum Gasteiger partial charge on any atom is -0.296 e. The first-order chi connectivity index (χ1) is 8.28. The lowest BCUT2D eigenvalue weighted by Crippen LogP contribution is -1.92. The minimum atomic E-state index is 0.401. The third kappa shape index (κ3) is 3.54. The smallest absolute Gasteiger partial charge is 0.188 e. The van der Waals surface area contributed by atoms with Gasteiger partial charge in [-0.25, -0.2) is 9.97 Å². The zero-order chi connectivity index (χ0) is 12.1. The van der Waals surface area contributed by atoms with Gasteiger partial charge in [0.15, 0.2) is 11.4 Å². The second kappa shape index (κ2) is 5.80. The van der Waals surface area contributed by atoms with Gasteiger partial charge in [0.25, 0.3) is 0 Å². The Hall–Kier alpha value is -1.39. The summed E-state index contributed by atoms with van der Waals surface area (Å²) in [5.74, 6) is 0.749. The van der Waals surface area contributed by atoms with Crippen molar-refractivity contribution in [2.75, 3.05) is 0 Å². The fourth-order valence-corrected chi connectivity index (χ4v) is 2.14. The summed E-state index contributed by atoms with van der Waals surface area (Å²) in [5.41, 5.74) is 1.54. The van der Waals surface area contributed by atoms with Crippen LogP contribution in [0.25, 0.3) is 0 Å². The van der Waals surface area contributed by atoms with E-state index >= 15 is 0 Å². The van der Waals surface area contributed by atoms with Crippen LogP contribution in [-0.2, 0) is 5.75 Å². The first-order valence-electron chi connectivity index (χ1n) is 4.93. The first-order valence-corrected chi connectivity index (χ1v) is 6.30. The summed E-state index contributed by atoms with van der Waals surface area (Å²) in [5, 5.41) is 1.32. The maximum absolute atomic E-state index is 10.6. The van der Waals surface area contributed by atoms with Crippen LogP contribution in [-0.4, -0.2) is 16.3 Å². The Labute approximate surface area is 108 Å². The van der Waals surface area contributed by atoms with Crippen molar-refractivity contribution in [2.24, 2.45) is 0 Å². The van der Waals surface area contributed by atoms with Gasteiger partial charge in [0.2, 0.25) is 0 Å². The third-order valence-electron chi connectivity index (χ3n) is 2.06. The largest absolute Gasteiger partial charge is 0.296 e. The van der Waals surface area contributed by atoms with Crippen molar-refractivity contribution >= 4 is 29.6 Å². The van der Waals surface area contributed by atoms with Crippen molar-refractivity contribution in [3.63, 3.8) is 0 Å². The molecule has 86 valence electrons. The fourth-order valence-electron chi connectivity index (χ4n) is 1.22. The Morgan fingerprint density at radius 3 is 2.71 bits per heavy atom. The van der Waals surface area contributed by atoms with Crippen molar-refractivity contribution in [2.45, 2.75) is 10.9 Å². The Bertz CT molecular complexity index is 516. The van der Waals surface area contributed by atoms with Crippen LogP contribution in [0.2, 0.25) is 5.02 Å². The molecule has 0 saturated carbocycles. The third-order valence-corrected chi connectivity index (χ3v) is 3.24.